The van der Waals surface area contributed by atoms with Crippen molar-refractivity contribution in [2.45, 2.75) is 26.2 Å². The molecule has 0 radical (unpaired) electrons. The minimum absolute atomic E-state index is 0.485. The van der Waals surface area contributed by atoms with Crippen LogP contribution in [-0.4, -0.2) is 33.5 Å². The van der Waals surface area contributed by atoms with Gasteiger partial charge in [0.15, 0.2) is 0 Å². The lowest BCUT2D eigenvalue weighted by atomic mass is 10.0. The van der Waals surface area contributed by atoms with Crippen molar-refractivity contribution in [3.05, 3.63) is 29.8 Å². The van der Waals surface area contributed by atoms with E-state index in [0.29, 0.717) is 32.3 Å². The van der Waals surface area contributed by atoms with Crippen LogP contribution < -0.4 is 4.74 Å². The highest BCUT2D eigenvalue weighted by atomic mass is 16.5. The first-order chi connectivity index (χ1) is 8.75. The summed E-state index contributed by atoms with van der Waals surface area (Å²) in [4.78, 5) is 0. The summed E-state index contributed by atoms with van der Waals surface area (Å²) < 4.78 is 16.1. The maximum absolute atomic E-state index is 5.79. The molecule has 102 valence electrons. The molecule has 0 saturated heterocycles. The fourth-order valence-corrected chi connectivity index (χ4v) is 1.68. The average molecular weight is 252 g/mol. The molecular weight excluding hydrogens is 228 g/mol. The molecule has 18 heavy (non-hydrogen) atoms. The van der Waals surface area contributed by atoms with Crippen LogP contribution in [0.2, 0.25) is 0 Å². The zero-order valence-corrected chi connectivity index (χ0v) is 11.6. The second-order valence-electron chi connectivity index (χ2n) is 4.50. The summed E-state index contributed by atoms with van der Waals surface area (Å²) in [5.74, 6) is 1.48. The van der Waals surface area contributed by atoms with Crippen LogP contribution in [0.4, 0.5) is 0 Å². The third-order valence-corrected chi connectivity index (χ3v) is 2.66. The molecule has 0 aromatic heterocycles. The van der Waals surface area contributed by atoms with Gasteiger partial charge in [0.05, 0.1) is 19.8 Å². The van der Waals surface area contributed by atoms with Crippen molar-refractivity contribution in [2.75, 3.05) is 33.5 Å². The van der Waals surface area contributed by atoms with E-state index in [-0.39, 0.29) is 0 Å². The highest BCUT2D eigenvalue weighted by Gasteiger charge is 2.06. The lowest BCUT2D eigenvalue weighted by molar-refractivity contribution is 0.0644. The van der Waals surface area contributed by atoms with Gasteiger partial charge in [0.1, 0.15) is 5.75 Å². The lowest BCUT2D eigenvalue weighted by Crippen LogP contribution is -2.07. The van der Waals surface area contributed by atoms with Crippen LogP contribution in [0.3, 0.4) is 0 Å². The summed E-state index contributed by atoms with van der Waals surface area (Å²) in [5, 5.41) is 0. The number of benzene rings is 1. The molecule has 0 aliphatic carbocycles. The van der Waals surface area contributed by atoms with Gasteiger partial charge in [-0.3, -0.25) is 0 Å². The lowest BCUT2D eigenvalue weighted by Gasteiger charge is -2.13. The van der Waals surface area contributed by atoms with Crippen molar-refractivity contribution in [2.24, 2.45) is 0 Å². The number of hydrogen-bond acceptors (Lipinski definition) is 3. The van der Waals surface area contributed by atoms with Gasteiger partial charge in [0, 0.05) is 20.1 Å². The first kappa shape index (κ1) is 15.0. The molecule has 1 aromatic rings. The van der Waals surface area contributed by atoms with Gasteiger partial charge in [0.25, 0.3) is 0 Å². The monoisotopic (exact) mass is 252 g/mol. The second kappa shape index (κ2) is 8.95. The Labute approximate surface area is 110 Å². The van der Waals surface area contributed by atoms with Gasteiger partial charge in [-0.1, -0.05) is 32.0 Å². The van der Waals surface area contributed by atoms with E-state index < -0.39 is 0 Å². The van der Waals surface area contributed by atoms with Crippen molar-refractivity contribution in [3.63, 3.8) is 0 Å². The first-order valence-electron chi connectivity index (χ1n) is 6.54. The standard InChI is InChI=1S/C15H24O3/c1-13(2)14-7-4-5-8-15(14)18-10-6-9-17-12-11-16-3/h4-5,7-8,13H,6,9-12H2,1-3H3. The van der Waals surface area contributed by atoms with Crippen molar-refractivity contribution in [1.29, 1.82) is 0 Å². The molecule has 0 N–H and O–H groups in total. The van der Waals surface area contributed by atoms with Gasteiger partial charge < -0.3 is 14.2 Å². The quantitative estimate of drug-likeness (QED) is 0.631. The van der Waals surface area contributed by atoms with Crippen LogP contribution in [0.1, 0.15) is 31.7 Å². The molecule has 0 bridgehead atoms. The van der Waals surface area contributed by atoms with Gasteiger partial charge in [-0.05, 0) is 17.5 Å². The summed E-state index contributed by atoms with van der Waals surface area (Å²) in [5.41, 5.74) is 1.26. The van der Waals surface area contributed by atoms with Crippen LogP contribution in [-0.2, 0) is 9.47 Å². The summed E-state index contributed by atoms with van der Waals surface area (Å²) in [6.07, 6.45) is 0.899. The van der Waals surface area contributed by atoms with E-state index >= 15 is 0 Å². The van der Waals surface area contributed by atoms with Gasteiger partial charge in [-0.15, -0.1) is 0 Å². The Kier molecular flexibility index (Phi) is 7.46. The van der Waals surface area contributed by atoms with Crippen molar-refractivity contribution in [3.8, 4) is 5.75 Å². The molecular formula is C15H24O3. The predicted molar refractivity (Wildman–Crippen MR) is 73.3 cm³/mol. The van der Waals surface area contributed by atoms with Crippen LogP contribution in [0.5, 0.6) is 5.75 Å². The second-order valence-corrected chi connectivity index (χ2v) is 4.50. The third kappa shape index (κ3) is 5.52. The number of hydrogen-bond donors (Lipinski definition) is 0. The van der Waals surface area contributed by atoms with E-state index in [4.69, 9.17) is 14.2 Å². The van der Waals surface area contributed by atoms with Crippen LogP contribution >= 0.6 is 0 Å². The maximum atomic E-state index is 5.79. The Morgan fingerprint density at radius 2 is 1.78 bits per heavy atom. The highest BCUT2D eigenvalue weighted by Crippen LogP contribution is 2.25. The molecule has 0 fully saturated rings. The van der Waals surface area contributed by atoms with E-state index in [1.807, 2.05) is 12.1 Å². The Morgan fingerprint density at radius 3 is 2.50 bits per heavy atom. The molecule has 0 atom stereocenters. The zero-order chi connectivity index (χ0) is 13.2. The number of rotatable bonds is 9. The molecule has 0 heterocycles. The average Bonchev–Trinajstić information content (AvgIpc) is 2.38. The fourth-order valence-electron chi connectivity index (χ4n) is 1.68. The Bertz CT molecular complexity index is 323. The topological polar surface area (TPSA) is 27.7 Å². The maximum Gasteiger partial charge on any atom is 0.122 e. The first-order valence-corrected chi connectivity index (χ1v) is 6.54. The Balaban J connectivity index is 2.23. The van der Waals surface area contributed by atoms with Gasteiger partial charge in [-0.2, -0.15) is 0 Å². The van der Waals surface area contributed by atoms with Crippen LogP contribution in [0, 0.1) is 0 Å². The van der Waals surface area contributed by atoms with E-state index in [0.717, 1.165) is 12.2 Å². The Hall–Kier alpha value is -1.06. The smallest absolute Gasteiger partial charge is 0.122 e. The minimum atomic E-state index is 0.485. The molecule has 1 rings (SSSR count). The highest BCUT2D eigenvalue weighted by molar-refractivity contribution is 5.35. The summed E-state index contributed by atoms with van der Waals surface area (Å²) >= 11 is 0. The van der Waals surface area contributed by atoms with Crippen LogP contribution in [0.15, 0.2) is 24.3 Å². The SMILES string of the molecule is COCCOCCCOc1ccccc1C(C)C. The molecule has 0 saturated carbocycles. The third-order valence-electron chi connectivity index (χ3n) is 2.66. The molecule has 0 spiro atoms. The summed E-state index contributed by atoms with van der Waals surface area (Å²) in [6, 6.07) is 8.21. The molecule has 3 nitrogen and oxygen atoms in total. The van der Waals surface area contributed by atoms with Gasteiger partial charge in [-0.25, -0.2) is 0 Å². The summed E-state index contributed by atoms with van der Waals surface area (Å²) in [6.45, 7) is 7.06. The van der Waals surface area contributed by atoms with E-state index in [9.17, 15) is 0 Å². The Morgan fingerprint density at radius 1 is 1.00 bits per heavy atom. The molecule has 0 amide bonds. The zero-order valence-electron chi connectivity index (χ0n) is 11.6. The molecule has 0 aliphatic heterocycles. The van der Waals surface area contributed by atoms with E-state index in [1.54, 1.807) is 7.11 Å². The molecule has 0 aliphatic rings. The van der Waals surface area contributed by atoms with E-state index in [1.165, 1.54) is 5.56 Å². The van der Waals surface area contributed by atoms with Gasteiger partial charge in [0.2, 0.25) is 0 Å². The number of methoxy groups -OCH3 is 1. The van der Waals surface area contributed by atoms with Crippen LogP contribution in [0.25, 0.3) is 0 Å². The minimum Gasteiger partial charge on any atom is -0.493 e. The molecule has 3 heteroatoms. The van der Waals surface area contributed by atoms with E-state index in [2.05, 4.69) is 26.0 Å². The van der Waals surface area contributed by atoms with Gasteiger partial charge >= 0.3 is 0 Å². The van der Waals surface area contributed by atoms with Crippen molar-refractivity contribution in [1.82, 2.24) is 0 Å². The molecule has 0 unspecified atom stereocenters. The van der Waals surface area contributed by atoms with Crippen molar-refractivity contribution >= 4 is 0 Å². The normalized spacial score (nSPS) is 10.9. The summed E-state index contributed by atoms with van der Waals surface area (Å²) in [7, 11) is 1.68. The largest absolute Gasteiger partial charge is 0.493 e. The predicted octanol–water partition coefficient (Wildman–Crippen LogP) is 3.24. The van der Waals surface area contributed by atoms with Crippen molar-refractivity contribution < 1.29 is 14.2 Å². The number of ether oxygens (including phenoxy) is 3. The number of para-hydroxylation sites is 1. The fraction of sp³-hybridized carbons (Fsp3) is 0.600. The molecule has 1 aromatic carbocycles.